The number of ether oxygens (including phenoxy) is 1. The van der Waals surface area contributed by atoms with Crippen molar-refractivity contribution >= 4 is 16.1 Å². The monoisotopic (exact) mass is 421 g/mol. The Balaban J connectivity index is 1.56. The number of pyridine rings is 1. The molecule has 1 aliphatic carbocycles. The van der Waals surface area contributed by atoms with Crippen LogP contribution in [0.15, 0.2) is 71.8 Å². The van der Waals surface area contributed by atoms with Crippen LogP contribution in [0.5, 0.6) is 11.6 Å². The molecule has 154 valence electrons. The molecule has 30 heavy (non-hydrogen) atoms. The normalized spacial score (nSPS) is 14.9. The first-order chi connectivity index (χ1) is 14.6. The third kappa shape index (κ3) is 4.28. The highest BCUT2D eigenvalue weighted by Gasteiger charge is 2.29. The van der Waals surface area contributed by atoms with Crippen molar-refractivity contribution in [3.8, 4) is 22.8 Å². The van der Waals surface area contributed by atoms with Gasteiger partial charge in [-0.05, 0) is 30.5 Å². The highest BCUT2D eigenvalue weighted by molar-refractivity contribution is 7.92. The molecule has 1 heterocycles. The molecule has 0 unspecified atom stereocenters. The molecule has 0 bridgehead atoms. The molecule has 1 aromatic heterocycles. The van der Waals surface area contributed by atoms with Gasteiger partial charge in [-0.25, -0.2) is 13.4 Å². The summed E-state index contributed by atoms with van der Waals surface area (Å²) in [5.74, 6) is 0.932. The Hall–Kier alpha value is -2.99. The largest absolute Gasteiger partial charge is 0.438 e. The molecule has 3 aromatic rings. The predicted octanol–water partition coefficient (Wildman–Crippen LogP) is 5.46. The zero-order valence-corrected chi connectivity index (χ0v) is 17.3. The third-order valence-corrected chi connectivity index (χ3v) is 7.74. The van der Waals surface area contributed by atoms with E-state index in [-0.39, 0.29) is 10.1 Å². The molecule has 1 fully saturated rings. The topological polar surface area (TPSA) is 73.3 Å². The van der Waals surface area contributed by atoms with Gasteiger partial charge in [0.25, 0.3) is 0 Å². The Morgan fingerprint density at radius 2 is 1.63 bits per heavy atom. The van der Waals surface area contributed by atoms with E-state index in [1.807, 2.05) is 36.4 Å². The fraction of sp³-hybridized carbons (Fsp3) is 0.250. The van der Waals surface area contributed by atoms with Crippen LogP contribution in [0, 0.1) is 0 Å². The van der Waals surface area contributed by atoms with E-state index in [9.17, 15) is 13.2 Å². The lowest BCUT2D eigenvalue weighted by atomic mass is 10.0. The van der Waals surface area contributed by atoms with E-state index in [1.165, 1.54) is 6.20 Å². The maximum absolute atomic E-state index is 12.8. The highest BCUT2D eigenvalue weighted by Crippen LogP contribution is 2.33. The second-order valence-electron chi connectivity index (χ2n) is 7.48. The Labute approximate surface area is 176 Å². The fourth-order valence-corrected chi connectivity index (χ4v) is 5.61. The molecular weight excluding hydrogens is 398 g/mol. The minimum absolute atomic E-state index is 0.250. The van der Waals surface area contributed by atoms with Crippen LogP contribution in [0.4, 0.5) is 0 Å². The molecule has 1 aliphatic rings. The van der Waals surface area contributed by atoms with Crippen molar-refractivity contribution in [2.75, 3.05) is 0 Å². The average molecular weight is 422 g/mol. The van der Waals surface area contributed by atoms with Gasteiger partial charge in [-0.15, -0.1) is 0 Å². The Morgan fingerprint density at radius 1 is 0.900 bits per heavy atom. The molecule has 0 atom stereocenters. The molecule has 0 N–H and O–H groups in total. The summed E-state index contributed by atoms with van der Waals surface area (Å²) in [4.78, 5) is 15.4. The van der Waals surface area contributed by atoms with Crippen molar-refractivity contribution in [3.05, 3.63) is 72.4 Å². The van der Waals surface area contributed by atoms with E-state index < -0.39 is 9.84 Å². The van der Waals surface area contributed by atoms with E-state index in [1.54, 1.807) is 24.3 Å². The van der Waals surface area contributed by atoms with E-state index >= 15 is 0 Å². The Bertz CT molecular complexity index is 1120. The van der Waals surface area contributed by atoms with Gasteiger partial charge in [0, 0.05) is 23.4 Å². The number of nitrogens with zero attached hydrogens (tertiary/aromatic N) is 1. The number of sulfone groups is 1. The summed E-state index contributed by atoms with van der Waals surface area (Å²) >= 11 is 0. The summed E-state index contributed by atoms with van der Waals surface area (Å²) in [5, 5.41) is -0.310. The van der Waals surface area contributed by atoms with E-state index in [0.29, 0.717) is 17.2 Å². The quantitative estimate of drug-likeness (QED) is 0.494. The molecule has 0 aliphatic heterocycles. The van der Waals surface area contributed by atoms with Crippen molar-refractivity contribution < 1.29 is 17.9 Å². The number of aldehydes is 1. The van der Waals surface area contributed by atoms with Crippen LogP contribution in [-0.4, -0.2) is 24.9 Å². The summed E-state index contributed by atoms with van der Waals surface area (Å²) in [6.45, 7) is 0. The van der Waals surface area contributed by atoms with Crippen molar-refractivity contribution in [1.82, 2.24) is 4.98 Å². The van der Waals surface area contributed by atoms with Crippen LogP contribution in [0.25, 0.3) is 11.1 Å². The zero-order chi connectivity index (χ0) is 21.0. The van der Waals surface area contributed by atoms with Gasteiger partial charge in [-0.2, -0.15) is 0 Å². The van der Waals surface area contributed by atoms with Gasteiger partial charge < -0.3 is 4.74 Å². The van der Waals surface area contributed by atoms with Gasteiger partial charge in [-0.1, -0.05) is 61.7 Å². The van der Waals surface area contributed by atoms with Crippen LogP contribution in [0.3, 0.4) is 0 Å². The van der Waals surface area contributed by atoms with Crippen molar-refractivity contribution in [1.29, 1.82) is 0 Å². The number of hydrogen-bond donors (Lipinski definition) is 0. The zero-order valence-electron chi connectivity index (χ0n) is 16.5. The molecule has 0 saturated heterocycles. The van der Waals surface area contributed by atoms with Gasteiger partial charge in [0.1, 0.15) is 12.0 Å². The minimum atomic E-state index is -3.36. The van der Waals surface area contributed by atoms with Crippen LogP contribution in [-0.2, 0) is 9.84 Å². The number of aromatic nitrogens is 1. The second-order valence-corrected chi connectivity index (χ2v) is 9.70. The van der Waals surface area contributed by atoms with E-state index in [4.69, 9.17) is 4.74 Å². The Kier molecular flexibility index (Phi) is 5.95. The van der Waals surface area contributed by atoms with Crippen LogP contribution < -0.4 is 4.74 Å². The average Bonchev–Trinajstić information content (AvgIpc) is 2.80. The predicted molar refractivity (Wildman–Crippen MR) is 116 cm³/mol. The van der Waals surface area contributed by atoms with Crippen molar-refractivity contribution in [2.45, 2.75) is 42.2 Å². The van der Waals surface area contributed by atoms with Crippen molar-refractivity contribution in [3.63, 3.8) is 0 Å². The summed E-state index contributed by atoms with van der Waals surface area (Å²) in [5.41, 5.74) is 2.37. The molecule has 0 amide bonds. The molecule has 0 radical (unpaired) electrons. The standard InChI is InChI=1S/C24H23NO4S/c26-17-18-10-12-19(13-11-18)22-8-4-5-9-23(22)29-24-15-14-21(16-25-24)30(27,28)20-6-2-1-3-7-20/h4-5,8-17,20H,1-3,6-7H2. The number of carbonyl (C=O) groups excluding carboxylic acids is 1. The molecule has 0 spiro atoms. The number of hydrogen-bond acceptors (Lipinski definition) is 5. The number of para-hydroxylation sites is 1. The summed E-state index contributed by atoms with van der Waals surface area (Å²) in [6.07, 6.45) is 6.66. The Morgan fingerprint density at radius 3 is 2.30 bits per heavy atom. The van der Waals surface area contributed by atoms with Crippen molar-refractivity contribution in [2.24, 2.45) is 0 Å². The third-order valence-electron chi connectivity index (χ3n) is 5.49. The minimum Gasteiger partial charge on any atom is -0.438 e. The molecule has 4 rings (SSSR count). The first kappa shape index (κ1) is 20.3. The van der Waals surface area contributed by atoms with Gasteiger partial charge in [0.05, 0.1) is 10.1 Å². The molecule has 5 nitrogen and oxygen atoms in total. The van der Waals surface area contributed by atoms with Gasteiger partial charge in [0.2, 0.25) is 5.88 Å². The second kappa shape index (κ2) is 8.79. The molecule has 1 saturated carbocycles. The summed E-state index contributed by atoms with van der Waals surface area (Å²) < 4.78 is 31.6. The van der Waals surface area contributed by atoms with Crippen LogP contribution in [0.1, 0.15) is 42.5 Å². The lowest BCUT2D eigenvalue weighted by Crippen LogP contribution is -2.24. The number of rotatable bonds is 6. The van der Waals surface area contributed by atoms with Gasteiger partial charge >= 0.3 is 0 Å². The van der Waals surface area contributed by atoms with Crippen LogP contribution in [0.2, 0.25) is 0 Å². The first-order valence-corrected chi connectivity index (χ1v) is 11.6. The molecule has 2 aromatic carbocycles. The van der Waals surface area contributed by atoms with E-state index in [0.717, 1.165) is 49.5 Å². The van der Waals surface area contributed by atoms with Crippen LogP contribution >= 0.6 is 0 Å². The fourth-order valence-electron chi connectivity index (χ4n) is 3.81. The summed E-state index contributed by atoms with van der Waals surface area (Å²) in [6, 6.07) is 17.9. The lowest BCUT2D eigenvalue weighted by molar-refractivity contribution is 0.112. The van der Waals surface area contributed by atoms with E-state index in [2.05, 4.69) is 4.98 Å². The first-order valence-electron chi connectivity index (χ1n) is 10.1. The lowest BCUT2D eigenvalue weighted by Gasteiger charge is -2.21. The maximum atomic E-state index is 12.8. The summed E-state index contributed by atoms with van der Waals surface area (Å²) in [7, 11) is -3.36. The smallest absolute Gasteiger partial charge is 0.219 e. The maximum Gasteiger partial charge on any atom is 0.219 e. The van der Waals surface area contributed by atoms with Gasteiger partial charge in [-0.3, -0.25) is 4.79 Å². The molecular formula is C24H23NO4S. The van der Waals surface area contributed by atoms with Gasteiger partial charge in [0.15, 0.2) is 9.84 Å². The number of carbonyl (C=O) groups is 1. The highest BCUT2D eigenvalue weighted by atomic mass is 32.2. The SMILES string of the molecule is O=Cc1ccc(-c2ccccc2Oc2ccc(S(=O)(=O)C3CCCCC3)cn2)cc1. The molecule has 6 heteroatoms. The number of benzene rings is 2.